The third kappa shape index (κ3) is 3.75. The highest BCUT2D eigenvalue weighted by Gasteiger charge is 2.12. The van der Waals surface area contributed by atoms with Crippen molar-refractivity contribution in [2.45, 2.75) is 6.10 Å². The van der Waals surface area contributed by atoms with Gasteiger partial charge in [-0.3, -0.25) is 0 Å². The van der Waals surface area contributed by atoms with E-state index in [0.29, 0.717) is 13.2 Å². The van der Waals surface area contributed by atoms with E-state index in [2.05, 4.69) is 5.32 Å². The first-order valence-corrected chi connectivity index (χ1v) is 4.92. The van der Waals surface area contributed by atoms with E-state index in [1.807, 2.05) is 0 Å². The van der Waals surface area contributed by atoms with E-state index in [-0.39, 0.29) is 11.9 Å². The molecule has 3 nitrogen and oxygen atoms in total. The minimum atomic E-state index is -0.711. The van der Waals surface area contributed by atoms with E-state index in [4.69, 9.17) is 9.47 Å². The Kier molecular flexibility index (Phi) is 5.14. The fourth-order valence-corrected chi connectivity index (χ4v) is 1.30. The van der Waals surface area contributed by atoms with Crippen molar-refractivity contribution < 1.29 is 18.3 Å². The normalized spacial score (nSPS) is 12.5. The molecule has 0 heterocycles. The minimum absolute atomic E-state index is 0.0266. The Balaban J connectivity index is 2.68. The number of rotatable bonds is 6. The van der Waals surface area contributed by atoms with Crippen molar-refractivity contribution >= 4 is 0 Å². The van der Waals surface area contributed by atoms with Gasteiger partial charge in [0.15, 0.2) is 11.6 Å². The molecule has 0 saturated carbocycles. The van der Waals surface area contributed by atoms with Gasteiger partial charge in [-0.25, -0.2) is 8.78 Å². The number of hydrogen-bond acceptors (Lipinski definition) is 3. The first-order valence-electron chi connectivity index (χ1n) is 4.92. The summed E-state index contributed by atoms with van der Waals surface area (Å²) in [6.07, 6.45) is -0.310. The molecule has 5 heteroatoms. The molecule has 0 spiro atoms. The van der Waals surface area contributed by atoms with Crippen molar-refractivity contribution in [3.05, 3.63) is 29.8 Å². The SMILES string of the molecule is CNCC(COC)Oc1ccc(F)cc1F. The third-order valence-corrected chi connectivity index (χ3v) is 1.97. The van der Waals surface area contributed by atoms with Gasteiger partial charge in [0.25, 0.3) is 0 Å². The number of methoxy groups -OCH3 is 1. The highest BCUT2D eigenvalue weighted by molar-refractivity contribution is 5.24. The molecule has 1 N–H and O–H groups in total. The molecule has 0 saturated heterocycles. The molecule has 0 aliphatic rings. The van der Waals surface area contributed by atoms with Gasteiger partial charge in [-0.05, 0) is 19.2 Å². The zero-order valence-electron chi connectivity index (χ0n) is 9.30. The average Bonchev–Trinajstić information content (AvgIpc) is 2.23. The number of ether oxygens (including phenoxy) is 2. The lowest BCUT2D eigenvalue weighted by Crippen LogP contribution is -2.33. The predicted molar refractivity (Wildman–Crippen MR) is 56.6 cm³/mol. The second-order valence-corrected chi connectivity index (χ2v) is 3.33. The second kappa shape index (κ2) is 6.40. The summed E-state index contributed by atoms with van der Waals surface area (Å²) >= 11 is 0. The summed E-state index contributed by atoms with van der Waals surface area (Å²) in [5, 5.41) is 2.90. The Bertz CT molecular complexity index is 328. The number of likely N-dealkylation sites (N-methyl/N-ethyl adjacent to an activating group) is 1. The molecule has 0 bridgehead atoms. The highest BCUT2D eigenvalue weighted by Crippen LogP contribution is 2.18. The summed E-state index contributed by atoms with van der Waals surface area (Å²) < 4.78 is 36.2. The molecular weight excluding hydrogens is 216 g/mol. The van der Waals surface area contributed by atoms with E-state index in [0.717, 1.165) is 12.1 Å². The summed E-state index contributed by atoms with van der Waals surface area (Å²) in [6.45, 7) is 0.850. The van der Waals surface area contributed by atoms with Crippen molar-refractivity contribution in [3.63, 3.8) is 0 Å². The lowest BCUT2D eigenvalue weighted by molar-refractivity contribution is 0.0790. The molecule has 1 unspecified atom stereocenters. The van der Waals surface area contributed by atoms with Crippen LogP contribution in [-0.2, 0) is 4.74 Å². The molecule has 90 valence electrons. The number of benzene rings is 1. The van der Waals surface area contributed by atoms with Crippen LogP contribution in [0.2, 0.25) is 0 Å². The molecule has 1 aromatic rings. The minimum Gasteiger partial charge on any atom is -0.484 e. The van der Waals surface area contributed by atoms with Gasteiger partial charge < -0.3 is 14.8 Å². The smallest absolute Gasteiger partial charge is 0.167 e. The van der Waals surface area contributed by atoms with Gasteiger partial charge in [-0.2, -0.15) is 0 Å². The zero-order chi connectivity index (χ0) is 12.0. The second-order valence-electron chi connectivity index (χ2n) is 3.33. The van der Waals surface area contributed by atoms with Crippen molar-refractivity contribution in [1.29, 1.82) is 0 Å². The van der Waals surface area contributed by atoms with Crippen LogP contribution in [0.5, 0.6) is 5.75 Å². The van der Waals surface area contributed by atoms with E-state index < -0.39 is 11.6 Å². The van der Waals surface area contributed by atoms with Gasteiger partial charge in [0.2, 0.25) is 0 Å². The van der Waals surface area contributed by atoms with Crippen LogP contribution in [0.4, 0.5) is 8.78 Å². The van der Waals surface area contributed by atoms with Crippen molar-refractivity contribution in [1.82, 2.24) is 5.32 Å². The van der Waals surface area contributed by atoms with E-state index >= 15 is 0 Å². The standard InChI is InChI=1S/C11H15F2NO2/c1-14-6-9(7-15-2)16-11-4-3-8(12)5-10(11)13/h3-5,9,14H,6-7H2,1-2H3. The largest absolute Gasteiger partial charge is 0.484 e. The van der Waals surface area contributed by atoms with E-state index in [1.54, 1.807) is 7.05 Å². The van der Waals surface area contributed by atoms with Crippen LogP contribution in [0.1, 0.15) is 0 Å². The van der Waals surface area contributed by atoms with Crippen LogP contribution >= 0.6 is 0 Å². The molecule has 0 radical (unpaired) electrons. The Morgan fingerprint density at radius 1 is 1.38 bits per heavy atom. The van der Waals surface area contributed by atoms with Gasteiger partial charge >= 0.3 is 0 Å². The first-order chi connectivity index (χ1) is 7.67. The fourth-order valence-electron chi connectivity index (χ4n) is 1.30. The fraction of sp³-hybridized carbons (Fsp3) is 0.455. The van der Waals surface area contributed by atoms with Crippen LogP contribution in [0.25, 0.3) is 0 Å². The Hall–Kier alpha value is -1.20. The zero-order valence-corrected chi connectivity index (χ0v) is 9.30. The maximum Gasteiger partial charge on any atom is 0.167 e. The summed E-state index contributed by atoms with van der Waals surface area (Å²) in [4.78, 5) is 0. The maximum absolute atomic E-state index is 13.3. The summed E-state index contributed by atoms with van der Waals surface area (Å²) in [6, 6.07) is 3.21. The van der Waals surface area contributed by atoms with Crippen LogP contribution in [0.3, 0.4) is 0 Å². The molecule has 0 amide bonds. The van der Waals surface area contributed by atoms with Gasteiger partial charge in [-0.1, -0.05) is 0 Å². The molecule has 1 aromatic carbocycles. The molecule has 16 heavy (non-hydrogen) atoms. The molecule has 0 aromatic heterocycles. The third-order valence-electron chi connectivity index (χ3n) is 1.97. The van der Waals surface area contributed by atoms with Crippen molar-refractivity contribution in [2.75, 3.05) is 27.3 Å². The van der Waals surface area contributed by atoms with Crippen LogP contribution in [-0.4, -0.2) is 33.4 Å². The van der Waals surface area contributed by atoms with Gasteiger partial charge in [-0.15, -0.1) is 0 Å². The number of nitrogens with one attached hydrogen (secondary N) is 1. The highest BCUT2D eigenvalue weighted by atomic mass is 19.1. The van der Waals surface area contributed by atoms with Crippen molar-refractivity contribution in [2.24, 2.45) is 0 Å². The Labute approximate surface area is 93.4 Å². The molecule has 1 atom stereocenters. The summed E-state index contributed by atoms with van der Waals surface area (Å²) in [7, 11) is 3.29. The van der Waals surface area contributed by atoms with Crippen LogP contribution in [0, 0.1) is 11.6 Å². The Morgan fingerprint density at radius 3 is 2.69 bits per heavy atom. The molecule has 0 aliphatic carbocycles. The molecule has 0 aliphatic heterocycles. The van der Waals surface area contributed by atoms with Crippen LogP contribution in [0.15, 0.2) is 18.2 Å². The topological polar surface area (TPSA) is 30.5 Å². The Morgan fingerprint density at radius 2 is 2.12 bits per heavy atom. The van der Waals surface area contributed by atoms with Crippen LogP contribution < -0.4 is 10.1 Å². The lowest BCUT2D eigenvalue weighted by atomic mass is 10.3. The number of hydrogen-bond donors (Lipinski definition) is 1. The molecule has 0 fully saturated rings. The first kappa shape index (κ1) is 12.9. The quantitative estimate of drug-likeness (QED) is 0.806. The van der Waals surface area contributed by atoms with E-state index in [9.17, 15) is 8.78 Å². The lowest BCUT2D eigenvalue weighted by Gasteiger charge is -2.18. The monoisotopic (exact) mass is 231 g/mol. The van der Waals surface area contributed by atoms with E-state index in [1.165, 1.54) is 13.2 Å². The van der Waals surface area contributed by atoms with Gasteiger partial charge in [0.05, 0.1) is 6.61 Å². The predicted octanol–water partition coefficient (Wildman–Crippen LogP) is 1.58. The maximum atomic E-state index is 13.3. The molecular formula is C11H15F2NO2. The average molecular weight is 231 g/mol. The van der Waals surface area contributed by atoms with Gasteiger partial charge in [0, 0.05) is 19.7 Å². The molecule has 1 rings (SSSR count). The van der Waals surface area contributed by atoms with Gasteiger partial charge in [0.1, 0.15) is 11.9 Å². The summed E-state index contributed by atoms with van der Waals surface area (Å²) in [5.41, 5.74) is 0. The van der Waals surface area contributed by atoms with Crippen molar-refractivity contribution in [3.8, 4) is 5.75 Å². The summed E-state index contributed by atoms with van der Waals surface area (Å²) in [5.74, 6) is -1.31. The number of halogens is 2.